The van der Waals surface area contributed by atoms with E-state index in [1.807, 2.05) is 0 Å². The van der Waals surface area contributed by atoms with Gasteiger partial charge in [0.05, 0.1) is 0 Å². The summed E-state index contributed by atoms with van der Waals surface area (Å²) < 4.78 is 26.7. The third-order valence-electron chi connectivity index (χ3n) is 2.91. The molecule has 0 saturated heterocycles. The van der Waals surface area contributed by atoms with E-state index in [4.69, 9.17) is 5.73 Å². The average molecular weight is 266 g/mol. The number of nitrogens with zero attached hydrogens (tertiary/aromatic N) is 1. The van der Waals surface area contributed by atoms with Crippen molar-refractivity contribution < 1.29 is 8.78 Å². The van der Waals surface area contributed by atoms with Gasteiger partial charge in [0.1, 0.15) is 0 Å². The molecule has 104 valence electrons. The molecule has 0 aliphatic rings. The van der Waals surface area contributed by atoms with Crippen molar-refractivity contribution in [1.29, 1.82) is 0 Å². The summed E-state index contributed by atoms with van der Waals surface area (Å²) in [6, 6.07) is 3.56. The third-order valence-corrected chi connectivity index (χ3v) is 2.91. The fourth-order valence-electron chi connectivity index (χ4n) is 1.91. The number of rotatable bonds is 8. The molecule has 19 heavy (non-hydrogen) atoms. The molecule has 1 unspecified atom stereocenters. The monoisotopic (exact) mass is 266 g/mol. The van der Waals surface area contributed by atoms with E-state index in [0.717, 1.165) is 6.07 Å². The Balaban J connectivity index is 2.63. The Hall–Kier alpha value is -1.52. The molecule has 0 bridgehead atoms. The number of halogens is 2. The minimum absolute atomic E-state index is 0.220. The summed E-state index contributed by atoms with van der Waals surface area (Å²) in [6.07, 6.45) is 4.12. The van der Waals surface area contributed by atoms with Crippen LogP contribution in [0.25, 0.3) is 0 Å². The highest BCUT2D eigenvalue weighted by Gasteiger charge is 2.15. The van der Waals surface area contributed by atoms with Crippen LogP contribution in [0.4, 0.5) is 8.78 Å². The molecule has 0 aliphatic carbocycles. The number of hydrogen-bond acceptors (Lipinski definition) is 2. The van der Waals surface area contributed by atoms with Gasteiger partial charge in [-0.15, -0.1) is 13.2 Å². The lowest BCUT2D eigenvalue weighted by Gasteiger charge is -2.21. The molecule has 1 aromatic carbocycles. The van der Waals surface area contributed by atoms with Gasteiger partial charge in [-0.2, -0.15) is 0 Å². The van der Waals surface area contributed by atoms with Crippen LogP contribution in [0.1, 0.15) is 18.0 Å². The lowest BCUT2D eigenvalue weighted by Crippen LogP contribution is -2.28. The summed E-state index contributed by atoms with van der Waals surface area (Å²) in [6.45, 7) is 9.45. The average Bonchev–Trinajstić information content (AvgIpc) is 2.39. The SMILES string of the molecule is C=CCN(CC=C)CCC(N)c1cccc(F)c1F. The zero-order chi connectivity index (χ0) is 14.3. The summed E-state index contributed by atoms with van der Waals surface area (Å²) >= 11 is 0. The van der Waals surface area contributed by atoms with Crippen LogP contribution in [0.5, 0.6) is 0 Å². The van der Waals surface area contributed by atoms with E-state index in [0.29, 0.717) is 26.1 Å². The molecule has 0 radical (unpaired) electrons. The molecular formula is C15H20F2N2. The summed E-state index contributed by atoms with van der Waals surface area (Å²) in [5, 5.41) is 0. The maximum absolute atomic E-state index is 13.6. The first-order valence-corrected chi connectivity index (χ1v) is 6.23. The highest BCUT2D eigenvalue weighted by atomic mass is 19.2. The molecular weight excluding hydrogens is 246 g/mol. The van der Waals surface area contributed by atoms with Crippen LogP contribution in [0.15, 0.2) is 43.5 Å². The second-order valence-corrected chi connectivity index (χ2v) is 4.38. The molecule has 0 aliphatic heterocycles. The molecule has 0 aromatic heterocycles. The van der Waals surface area contributed by atoms with E-state index in [9.17, 15) is 8.78 Å². The van der Waals surface area contributed by atoms with Crippen molar-refractivity contribution >= 4 is 0 Å². The number of nitrogens with two attached hydrogens (primary N) is 1. The largest absolute Gasteiger partial charge is 0.324 e. The standard InChI is InChI=1S/C15H20F2N2/c1-3-9-19(10-4-2)11-8-14(18)12-6-5-7-13(16)15(12)17/h3-7,14H,1-2,8-11,18H2. The summed E-state index contributed by atoms with van der Waals surface area (Å²) in [5.41, 5.74) is 6.14. The Morgan fingerprint density at radius 1 is 1.21 bits per heavy atom. The zero-order valence-corrected chi connectivity index (χ0v) is 11.0. The molecule has 4 heteroatoms. The fourth-order valence-corrected chi connectivity index (χ4v) is 1.91. The molecule has 2 nitrogen and oxygen atoms in total. The lowest BCUT2D eigenvalue weighted by atomic mass is 10.0. The van der Waals surface area contributed by atoms with E-state index >= 15 is 0 Å². The van der Waals surface area contributed by atoms with Crippen molar-refractivity contribution in [3.63, 3.8) is 0 Å². The summed E-state index contributed by atoms with van der Waals surface area (Å²) in [7, 11) is 0. The van der Waals surface area contributed by atoms with Gasteiger partial charge in [-0.05, 0) is 12.5 Å². The van der Waals surface area contributed by atoms with Gasteiger partial charge in [-0.25, -0.2) is 8.78 Å². The van der Waals surface area contributed by atoms with E-state index < -0.39 is 17.7 Å². The highest BCUT2D eigenvalue weighted by molar-refractivity contribution is 5.22. The van der Waals surface area contributed by atoms with E-state index in [1.54, 1.807) is 12.2 Å². The van der Waals surface area contributed by atoms with Gasteiger partial charge in [0, 0.05) is 31.2 Å². The molecule has 1 aromatic rings. The van der Waals surface area contributed by atoms with Crippen molar-refractivity contribution in [2.24, 2.45) is 5.73 Å². The predicted molar refractivity (Wildman–Crippen MR) is 74.7 cm³/mol. The van der Waals surface area contributed by atoms with Gasteiger partial charge in [-0.1, -0.05) is 24.3 Å². The molecule has 0 amide bonds. The first kappa shape index (κ1) is 15.5. The van der Waals surface area contributed by atoms with Crippen LogP contribution >= 0.6 is 0 Å². The Morgan fingerprint density at radius 3 is 2.42 bits per heavy atom. The van der Waals surface area contributed by atoms with Crippen molar-refractivity contribution in [1.82, 2.24) is 4.90 Å². The Labute approximate surface area is 113 Å². The van der Waals surface area contributed by atoms with Gasteiger partial charge in [0.15, 0.2) is 11.6 Å². The Kier molecular flexibility index (Phi) is 6.39. The van der Waals surface area contributed by atoms with Crippen LogP contribution in [0.3, 0.4) is 0 Å². The van der Waals surface area contributed by atoms with Crippen LogP contribution in [0.2, 0.25) is 0 Å². The van der Waals surface area contributed by atoms with Gasteiger partial charge < -0.3 is 5.73 Å². The normalized spacial score (nSPS) is 12.4. The topological polar surface area (TPSA) is 29.3 Å². The van der Waals surface area contributed by atoms with Crippen molar-refractivity contribution in [2.75, 3.05) is 19.6 Å². The molecule has 1 rings (SSSR count). The minimum atomic E-state index is -0.859. The maximum atomic E-state index is 13.6. The summed E-state index contributed by atoms with van der Waals surface area (Å²) in [5.74, 6) is -1.71. The van der Waals surface area contributed by atoms with Crippen molar-refractivity contribution in [2.45, 2.75) is 12.5 Å². The van der Waals surface area contributed by atoms with Crippen LogP contribution in [0, 0.1) is 11.6 Å². The molecule has 0 spiro atoms. The second-order valence-electron chi connectivity index (χ2n) is 4.38. The highest BCUT2D eigenvalue weighted by Crippen LogP contribution is 2.20. The zero-order valence-electron chi connectivity index (χ0n) is 11.0. The van der Waals surface area contributed by atoms with E-state index in [-0.39, 0.29) is 5.56 Å². The number of hydrogen-bond donors (Lipinski definition) is 1. The maximum Gasteiger partial charge on any atom is 0.163 e. The van der Waals surface area contributed by atoms with Gasteiger partial charge in [0.25, 0.3) is 0 Å². The lowest BCUT2D eigenvalue weighted by molar-refractivity contribution is 0.317. The molecule has 0 heterocycles. The Morgan fingerprint density at radius 2 is 1.84 bits per heavy atom. The molecule has 0 saturated carbocycles. The molecule has 2 N–H and O–H groups in total. The fraction of sp³-hybridized carbons (Fsp3) is 0.333. The second kappa shape index (κ2) is 7.81. The van der Waals surface area contributed by atoms with Gasteiger partial charge in [-0.3, -0.25) is 4.90 Å². The smallest absolute Gasteiger partial charge is 0.163 e. The van der Waals surface area contributed by atoms with Crippen LogP contribution in [-0.4, -0.2) is 24.5 Å². The molecule has 1 atom stereocenters. The Bertz CT molecular complexity index is 422. The van der Waals surface area contributed by atoms with Gasteiger partial charge >= 0.3 is 0 Å². The van der Waals surface area contributed by atoms with E-state index in [2.05, 4.69) is 18.1 Å². The molecule has 0 fully saturated rings. The summed E-state index contributed by atoms with van der Waals surface area (Å²) in [4.78, 5) is 2.08. The van der Waals surface area contributed by atoms with Crippen LogP contribution < -0.4 is 5.73 Å². The quantitative estimate of drug-likeness (QED) is 0.733. The first-order chi connectivity index (χ1) is 9.10. The van der Waals surface area contributed by atoms with Crippen LogP contribution in [-0.2, 0) is 0 Å². The van der Waals surface area contributed by atoms with Crippen molar-refractivity contribution in [3.8, 4) is 0 Å². The first-order valence-electron chi connectivity index (χ1n) is 6.23. The van der Waals surface area contributed by atoms with Gasteiger partial charge in [0.2, 0.25) is 0 Å². The predicted octanol–water partition coefficient (Wildman–Crippen LogP) is 3.03. The van der Waals surface area contributed by atoms with E-state index in [1.165, 1.54) is 12.1 Å². The number of benzene rings is 1. The minimum Gasteiger partial charge on any atom is -0.324 e. The third kappa shape index (κ3) is 4.58. The van der Waals surface area contributed by atoms with Crippen molar-refractivity contribution in [3.05, 3.63) is 60.7 Å².